The van der Waals surface area contributed by atoms with Gasteiger partial charge in [-0.1, -0.05) is 15.9 Å². The van der Waals surface area contributed by atoms with Gasteiger partial charge < -0.3 is 0 Å². The lowest BCUT2D eigenvalue weighted by Crippen LogP contribution is -2.20. The maximum absolute atomic E-state index is 11.5. The summed E-state index contributed by atoms with van der Waals surface area (Å²) in [5, 5.41) is 5.10. The van der Waals surface area contributed by atoms with Crippen molar-refractivity contribution in [2.24, 2.45) is 0 Å². The van der Waals surface area contributed by atoms with Crippen molar-refractivity contribution >= 4 is 33.6 Å². The second kappa shape index (κ2) is 5.35. The van der Waals surface area contributed by atoms with Crippen LogP contribution < -0.4 is 10.6 Å². The average molecular weight is 294 g/mol. The third kappa shape index (κ3) is 3.49. The summed E-state index contributed by atoms with van der Waals surface area (Å²) in [7, 11) is 0. The minimum absolute atomic E-state index is 0.375. The molecule has 2 amide bonds. The van der Waals surface area contributed by atoms with E-state index < -0.39 is 6.03 Å². The molecule has 0 aliphatic heterocycles. The number of carbonyl (C=O) groups is 1. The molecule has 2 rings (SSSR count). The molecule has 0 aliphatic carbocycles. The zero-order valence-electron chi connectivity index (χ0n) is 8.59. The van der Waals surface area contributed by atoms with Crippen LogP contribution in [0.2, 0.25) is 0 Å². The number of rotatable bonds is 2. The SMILES string of the molecule is O=C(Nc1cnccn1)Nc1cc(Br)ccn1. The molecule has 0 aliphatic rings. The van der Waals surface area contributed by atoms with Gasteiger partial charge in [-0.3, -0.25) is 15.6 Å². The molecular formula is C10H8BrN5O. The van der Waals surface area contributed by atoms with Crippen LogP contribution in [0.15, 0.2) is 41.4 Å². The number of urea groups is 1. The summed E-state index contributed by atoms with van der Waals surface area (Å²) in [6, 6.07) is 3.04. The predicted molar refractivity (Wildman–Crippen MR) is 66.6 cm³/mol. The number of halogens is 1. The van der Waals surface area contributed by atoms with E-state index in [2.05, 4.69) is 41.5 Å². The van der Waals surface area contributed by atoms with Crippen LogP contribution in [0.25, 0.3) is 0 Å². The average Bonchev–Trinajstić information content (AvgIpc) is 2.30. The quantitative estimate of drug-likeness (QED) is 0.890. The monoisotopic (exact) mass is 293 g/mol. The summed E-state index contributed by atoms with van der Waals surface area (Å²) in [4.78, 5) is 23.3. The summed E-state index contributed by atoms with van der Waals surface area (Å²) in [5.74, 6) is 0.820. The van der Waals surface area contributed by atoms with Crippen LogP contribution in [-0.2, 0) is 0 Å². The summed E-state index contributed by atoms with van der Waals surface area (Å²) < 4.78 is 0.835. The first-order valence-electron chi connectivity index (χ1n) is 4.69. The second-order valence-corrected chi connectivity index (χ2v) is 3.94. The number of carbonyl (C=O) groups excluding carboxylic acids is 1. The Morgan fingerprint density at radius 2 is 1.88 bits per heavy atom. The number of pyridine rings is 1. The first-order chi connectivity index (χ1) is 8.24. The van der Waals surface area contributed by atoms with E-state index in [4.69, 9.17) is 0 Å². The molecular weight excluding hydrogens is 286 g/mol. The van der Waals surface area contributed by atoms with E-state index in [9.17, 15) is 4.79 Å². The van der Waals surface area contributed by atoms with Gasteiger partial charge >= 0.3 is 6.03 Å². The zero-order chi connectivity index (χ0) is 12.1. The van der Waals surface area contributed by atoms with Gasteiger partial charge in [0.05, 0.1) is 6.20 Å². The van der Waals surface area contributed by atoms with Crippen LogP contribution in [0, 0.1) is 0 Å². The topological polar surface area (TPSA) is 79.8 Å². The molecule has 0 bridgehead atoms. The lowest BCUT2D eigenvalue weighted by molar-refractivity contribution is 0.262. The largest absolute Gasteiger partial charge is 0.326 e. The molecule has 0 unspecified atom stereocenters. The Kier molecular flexibility index (Phi) is 3.61. The normalized spacial score (nSPS) is 9.71. The molecule has 0 aromatic carbocycles. The number of hydrogen-bond acceptors (Lipinski definition) is 4. The zero-order valence-corrected chi connectivity index (χ0v) is 10.2. The number of nitrogens with zero attached hydrogens (tertiary/aromatic N) is 3. The van der Waals surface area contributed by atoms with Crippen molar-refractivity contribution in [1.29, 1.82) is 0 Å². The molecule has 7 heteroatoms. The molecule has 2 aromatic rings. The Bertz CT molecular complexity index is 519. The molecule has 0 saturated carbocycles. The second-order valence-electron chi connectivity index (χ2n) is 3.03. The van der Waals surface area contributed by atoms with Crippen molar-refractivity contribution in [3.63, 3.8) is 0 Å². The smallest absolute Gasteiger partial charge is 0.292 e. The standard InChI is InChI=1S/C10H8BrN5O/c11-7-1-2-13-8(5-7)15-10(17)16-9-6-12-3-4-14-9/h1-6H,(H2,13,14,15,16,17). The van der Waals surface area contributed by atoms with E-state index in [1.807, 2.05) is 0 Å². The first kappa shape index (κ1) is 11.5. The summed E-state index contributed by atoms with van der Waals surface area (Å²) in [5.41, 5.74) is 0. The van der Waals surface area contributed by atoms with E-state index in [1.54, 1.807) is 18.3 Å². The lowest BCUT2D eigenvalue weighted by atomic mass is 10.5. The third-order valence-corrected chi connectivity index (χ3v) is 2.26. The van der Waals surface area contributed by atoms with Gasteiger partial charge in [0.15, 0.2) is 5.82 Å². The molecule has 6 nitrogen and oxygen atoms in total. The maximum Gasteiger partial charge on any atom is 0.326 e. The Balaban J connectivity index is 1.98. The van der Waals surface area contributed by atoms with Gasteiger partial charge in [-0.2, -0.15) is 0 Å². The number of amides is 2. The lowest BCUT2D eigenvalue weighted by Gasteiger charge is -2.05. The Hall–Kier alpha value is -2.02. The van der Waals surface area contributed by atoms with Gasteiger partial charge in [-0.15, -0.1) is 0 Å². The number of hydrogen-bond donors (Lipinski definition) is 2. The molecule has 0 saturated heterocycles. The van der Waals surface area contributed by atoms with Crippen molar-refractivity contribution in [2.75, 3.05) is 10.6 Å². The van der Waals surface area contributed by atoms with Gasteiger partial charge in [-0.25, -0.2) is 14.8 Å². The van der Waals surface area contributed by atoms with Crippen LogP contribution in [0.1, 0.15) is 0 Å². The highest BCUT2D eigenvalue weighted by atomic mass is 79.9. The van der Waals surface area contributed by atoms with Crippen molar-refractivity contribution in [2.45, 2.75) is 0 Å². The molecule has 0 fully saturated rings. The van der Waals surface area contributed by atoms with Crippen LogP contribution in [0.3, 0.4) is 0 Å². The number of aromatic nitrogens is 3. The van der Waals surface area contributed by atoms with Crippen molar-refractivity contribution in [3.8, 4) is 0 Å². The number of anilines is 2. The fourth-order valence-corrected chi connectivity index (χ4v) is 1.44. The summed E-state index contributed by atoms with van der Waals surface area (Å²) >= 11 is 3.28. The fourth-order valence-electron chi connectivity index (χ4n) is 1.10. The highest BCUT2D eigenvalue weighted by Gasteiger charge is 2.04. The van der Waals surface area contributed by atoms with E-state index >= 15 is 0 Å². The van der Waals surface area contributed by atoms with E-state index in [0.717, 1.165) is 4.47 Å². The minimum atomic E-state index is -0.420. The van der Waals surface area contributed by atoms with Crippen molar-refractivity contribution in [1.82, 2.24) is 15.0 Å². The molecule has 2 heterocycles. The molecule has 0 atom stereocenters. The highest BCUT2D eigenvalue weighted by Crippen LogP contribution is 2.12. The molecule has 17 heavy (non-hydrogen) atoms. The van der Waals surface area contributed by atoms with Crippen LogP contribution in [0.5, 0.6) is 0 Å². The number of nitrogens with one attached hydrogen (secondary N) is 2. The van der Waals surface area contributed by atoms with Gasteiger partial charge in [0, 0.05) is 23.1 Å². The highest BCUT2D eigenvalue weighted by molar-refractivity contribution is 9.10. The third-order valence-electron chi connectivity index (χ3n) is 1.77. The summed E-state index contributed by atoms with van der Waals surface area (Å²) in [6.45, 7) is 0. The van der Waals surface area contributed by atoms with E-state index in [0.29, 0.717) is 11.6 Å². The molecule has 2 N–H and O–H groups in total. The van der Waals surface area contributed by atoms with Crippen molar-refractivity contribution < 1.29 is 4.79 Å². The van der Waals surface area contributed by atoms with Crippen LogP contribution >= 0.6 is 15.9 Å². The molecule has 0 radical (unpaired) electrons. The van der Waals surface area contributed by atoms with Gasteiger partial charge in [0.25, 0.3) is 0 Å². The Morgan fingerprint density at radius 3 is 2.59 bits per heavy atom. The fraction of sp³-hybridized carbons (Fsp3) is 0. The predicted octanol–water partition coefficient (Wildman–Crippen LogP) is 2.28. The molecule has 86 valence electrons. The first-order valence-corrected chi connectivity index (χ1v) is 5.49. The van der Waals surface area contributed by atoms with Crippen molar-refractivity contribution in [3.05, 3.63) is 41.4 Å². The Labute approximate surface area is 106 Å². The van der Waals surface area contributed by atoms with Gasteiger partial charge in [-0.05, 0) is 12.1 Å². The van der Waals surface area contributed by atoms with E-state index in [-0.39, 0.29) is 0 Å². The van der Waals surface area contributed by atoms with E-state index in [1.165, 1.54) is 18.6 Å². The Morgan fingerprint density at radius 1 is 1.12 bits per heavy atom. The van der Waals surface area contributed by atoms with Crippen LogP contribution in [-0.4, -0.2) is 21.0 Å². The minimum Gasteiger partial charge on any atom is -0.292 e. The molecule has 2 aromatic heterocycles. The summed E-state index contributed by atoms with van der Waals surface area (Å²) in [6.07, 6.45) is 6.06. The van der Waals surface area contributed by atoms with Crippen LogP contribution in [0.4, 0.5) is 16.4 Å². The van der Waals surface area contributed by atoms with Gasteiger partial charge in [0.2, 0.25) is 0 Å². The maximum atomic E-state index is 11.5. The molecule has 0 spiro atoms. The van der Waals surface area contributed by atoms with Gasteiger partial charge in [0.1, 0.15) is 5.82 Å².